The van der Waals surface area contributed by atoms with Gasteiger partial charge in [0.25, 0.3) is 0 Å². The van der Waals surface area contributed by atoms with Crippen molar-refractivity contribution in [2.24, 2.45) is 11.3 Å². The second-order valence-corrected chi connectivity index (χ2v) is 11.0. The Morgan fingerprint density at radius 3 is 2.33 bits per heavy atom. The highest BCUT2D eigenvalue weighted by Gasteiger charge is 2.51. The van der Waals surface area contributed by atoms with Gasteiger partial charge < -0.3 is 0 Å². The minimum Gasteiger partial charge on any atom is -0.0743 e. The Morgan fingerprint density at radius 1 is 1.25 bits per heavy atom. The Hall–Kier alpha value is -0.303. The average molecular weight is 178 g/mol. The monoisotopic (exact) mass is 178 g/mol. The van der Waals surface area contributed by atoms with Crippen LogP contribution in [0.3, 0.4) is 0 Å². The third kappa shape index (κ3) is 1.42. The summed E-state index contributed by atoms with van der Waals surface area (Å²) in [5, 5.41) is 0. The molecule has 0 saturated heterocycles. The summed E-state index contributed by atoms with van der Waals surface area (Å²) in [6.07, 6.45) is 10.6. The van der Waals surface area contributed by atoms with Gasteiger partial charge in [-0.1, -0.05) is 50.0 Å². The van der Waals surface area contributed by atoms with Crippen molar-refractivity contribution in [1.29, 1.82) is 0 Å². The molecule has 0 N–H and O–H groups in total. The summed E-state index contributed by atoms with van der Waals surface area (Å²) in [6.45, 7) is 7.42. The van der Waals surface area contributed by atoms with Crippen molar-refractivity contribution < 1.29 is 0 Å². The molecule has 0 radical (unpaired) electrons. The summed E-state index contributed by atoms with van der Waals surface area (Å²) in [4.78, 5) is 0. The van der Waals surface area contributed by atoms with Crippen LogP contribution in [0.15, 0.2) is 24.3 Å². The fraction of sp³-hybridized carbons (Fsp3) is 0.636. The molecule has 0 bridgehead atoms. The van der Waals surface area contributed by atoms with Gasteiger partial charge in [-0.2, -0.15) is 0 Å². The molecule has 0 aromatic carbocycles. The minimum atomic E-state index is -0.819. The van der Waals surface area contributed by atoms with Crippen LogP contribution in [0.1, 0.15) is 6.42 Å². The zero-order valence-corrected chi connectivity index (χ0v) is 9.30. The quantitative estimate of drug-likeness (QED) is 0.568. The second-order valence-electron chi connectivity index (χ2n) is 5.50. The molecule has 1 atom stereocenters. The van der Waals surface area contributed by atoms with E-state index < -0.39 is 8.07 Å². The van der Waals surface area contributed by atoms with E-state index in [2.05, 4.69) is 43.9 Å². The molecule has 0 aromatic rings. The van der Waals surface area contributed by atoms with Crippen LogP contribution >= 0.6 is 0 Å². The second kappa shape index (κ2) is 2.35. The van der Waals surface area contributed by atoms with Crippen molar-refractivity contribution in [3.05, 3.63) is 24.3 Å². The van der Waals surface area contributed by atoms with E-state index in [0.717, 1.165) is 5.92 Å². The summed E-state index contributed by atoms with van der Waals surface area (Å²) in [6, 6.07) is 1.50. The first kappa shape index (κ1) is 8.30. The summed E-state index contributed by atoms with van der Waals surface area (Å²) in [7, 11) is -0.819. The molecule has 0 aromatic heterocycles. The highest BCUT2D eigenvalue weighted by atomic mass is 28.3. The third-order valence-corrected chi connectivity index (χ3v) is 4.70. The number of allylic oxidation sites excluding steroid dienone is 4. The molecule has 1 fully saturated rings. The van der Waals surface area contributed by atoms with Crippen LogP contribution in [0.4, 0.5) is 0 Å². The van der Waals surface area contributed by atoms with E-state index in [1.165, 1.54) is 12.5 Å². The van der Waals surface area contributed by atoms with E-state index >= 15 is 0 Å². The lowest BCUT2D eigenvalue weighted by Gasteiger charge is -2.16. The highest BCUT2D eigenvalue weighted by molar-refractivity contribution is 6.76. The van der Waals surface area contributed by atoms with Crippen molar-refractivity contribution in [3.8, 4) is 0 Å². The Kier molecular flexibility index (Phi) is 1.62. The predicted octanol–water partition coefficient (Wildman–Crippen LogP) is 3.46. The molecule has 0 aliphatic heterocycles. The lowest BCUT2D eigenvalue weighted by molar-refractivity contribution is 0.746. The Bertz CT molecular complexity index is 230. The maximum Gasteiger partial charge on any atom is 0.0445 e. The van der Waals surface area contributed by atoms with Crippen LogP contribution in [0.5, 0.6) is 0 Å². The van der Waals surface area contributed by atoms with Gasteiger partial charge in [-0.3, -0.25) is 0 Å². The Morgan fingerprint density at radius 2 is 1.83 bits per heavy atom. The highest BCUT2D eigenvalue weighted by Crippen LogP contribution is 2.59. The summed E-state index contributed by atoms with van der Waals surface area (Å²) >= 11 is 0. The van der Waals surface area contributed by atoms with Crippen LogP contribution in [0, 0.1) is 11.3 Å². The molecule has 0 heterocycles. The van der Waals surface area contributed by atoms with Gasteiger partial charge in [0.2, 0.25) is 0 Å². The zero-order valence-electron chi connectivity index (χ0n) is 8.30. The molecule has 1 saturated carbocycles. The maximum absolute atomic E-state index is 2.47. The van der Waals surface area contributed by atoms with Gasteiger partial charge in [-0.05, 0) is 12.3 Å². The maximum atomic E-state index is 2.47. The van der Waals surface area contributed by atoms with Gasteiger partial charge in [0.05, 0.1) is 0 Å². The summed E-state index contributed by atoms with van der Waals surface area (Å²) in [5.74, 6) is 0.985. The third-order valence-electron chi connectivity index (χ3n) is 2.98. The molecule has 1 spiro atoms. The lowest BCUT2D eigenvalue weighted by atomic mass is 10.1. The first-order valence-corrected chi connectivity index (χ1v) is 8.60. The molecule has 12 heavy (non-hydrogen) atoms. The van der Waals surface area contributed by atoms with E-state index in [0.29, 0.717) is 5.41 Å². The number of hydrogen-bond acceptors (Lipinski definition) is 0. The normalized spacial score (nSPS) is 30.1. The molecule has 2 rings (SSSR count). The largest absolute Gasteiger partial charge is 0.0743 e. The molecule has 2 aliphatic carbocycles. The molecule has 1 unspecified atom stereocenters. The van der Waals surface area contributed by atoms with Crippen LogP contribution in [-0.2, 0) is 0 Å². The van der Waals surface area contributed by atoms with Crippen molar-refractivity contribution in [3.63, 3.8) is 0 Å². The standard InChI is InChI=1S/C11H18Si/c1-12(2,3)9-10-8-11(10)6-4-5-7-11/h4-7,10H,8-9H2,1-3H3. The molecule has 0 nitrogen and oxygen atoms in total. The molecule has 1 heteroatoms. The van der Waals surface area contributed by atoms with Crippen molar-refractivity contribution >= 4 is 8.07 Å². The number of hydrogen-bond donors (Lipinski definition) is 0. The first-order chi connectivity index (χ1) is 5.52. The van der Waals surface area contributed by atoms with Gasteiger partial charge in [-0.15, -0.1) is 0 Å². The van der Waals surface area contributed by atoms with E-state index in [-0.39, 0.29) is 0 Å². The molecular formula is C11H18Si. The van der Waals surface area contributed by atoms with Crippen LogP contribution in [0.2, 0.25) is 25.7 Å². The van der Waals surface area contributed by atoms with E-state index in [1.54, 1.807) is 0 Å². The van der Waals surface area contributed by atoms with Crippen molar-refractivity contribution in [2.45, 2.75) is 32.1 Å². The van der Waals surface area contributed by atoms with Gasteiger partial charge in [0, 0.05) is 13.5 Å². The Balaban J connectivity index is 1.96. The lowest BCUT2D eigenvalue weighted by Crippen LogP contribution is -2.20. The van der Waals surface area contributed by atoms with Crippen molar-refractivity contribution in [1.82, 2.24) is 0 Å². The SMILES string of the molecule is C[Si](C)(C)CC1CC12C=CC=C2. The molecule has 0 amide bonds. The van der Waals surface area contributed by atoms with E-state index in [4.69, 9.17) is 0 Å². The van der Waals surface area contributed by atoms with Crippen LogP contribution < -0.4 is 0 Å². The van der Waals surface area contributed by atoms with E-state index in [1.807, 2.05) is 0 Å². The Labute approximate surface area is 76.4 Å². The van der Waals surface area contributed by atoms with Gasteiger partial charge in [0.1, 0.15) is 0 Å². The van der Waals surface area contributed by atoms with Crippen molar-refractivity contribution in [2.75, 3.05) is 0 Å². The number of rotatable bonds is 2. The first-order valence-electron chi connectivity index (χ1n) is 4.89. The topological polar surface area (TPSA) is 0 Å². The predicted molar refractivity (Wildman–Crippen MR) is 57.0 cm³/mol. The summed E-state index contributed by atoms with van der Waals surface area (Å²) < 4.78 is 0. The smallest absolute Gasteiger partial charge is 0.0445 e. The average Bonchev–Trinajstić information content (AvgIpc) is 2.42. The molecule has 66 valence electrons. The summed E-state index contributed by atoms with van der Waals surface area (Å²) in [5.41, 5.74) is 0.542. The van der Waals surface area contributed by atoms with Gasteiger partial charge in [0.15, 0.2) is 0 Å². The zero-order chi connectivity index (χ0) is 8.82. The van der Waals surface area contributed by atoms with Crippen LogP contribution in [0.25, 0.3) is 0 Å². The minimum absolute atomic E-state index is 0.542. The van der Waals surface area contributed by atoms with E-state index in [9.17, 15) is 0 Å². The fourth-order valence-corrected chi connectivity index (χ4v) is 4.31. The molecule has 2 aliphatic rings. The van der Waals surface area contributed by atoms with Crippen LogP contribution in [-0.4, -0.2) is 8.07 Å². The molecular weight excluding hydrogens is 160 g/mol. The van der Waals surface area contributed by atoms with Gasteiger partial charge in [-0.25, -0.2) is 0 Å². The fourth-order valence-electron chi connectivity index (χ4n) is 2.30. The van der Waals surface area contributed by atoms with Gasteiger partial charge >= 0.3 is 0 Å².